The van der Waals surface area contributed by atoms with E-state index in [1.807, 2.05) is 0 Å². The van der Waals surface area contributed by atoms with Gasteiger partial charge in [0.05, 0.1) is 0 Å². The Kier molecular flexibility index (Phi) is 10.0. The van der Waals surface area contributed by atoms with Gasteiger partial charge in [-0.1, -0.05) is 40.5 Å². The predicted octanol–water partition coefficient (Wildman–Crippen LogP) is 3.28. The zero-order valence-corrected chi connectivity index (χ0v) is 12.1. The van der Waals surface area contributed by atoms with Crippen molar-refractivity contribution in [1.82, 2.24) is 10.2 Å². The lowest BCUT2D eigenvalue weighted by Crippen LogP contribution is -2.49. The fourth-order valence-electron chi connectivity index (χ4n) is 2.56. The molecule has 0 aliphatic carbocycles. The van der Waals surface area contributed by atoms with E-state index in [4.69, 9.17) is 0 Å². The van der Waals surface area contributed by atoms with Crippen molar-refractivity contribution in [3.63, 3.8) is 0 Å². The summed E-state index contributed by atoms with van der Waals surface area (Å²) in [4.78, 5) is 2.65. The average molecular weight is 228 g/mol. The highest BCUT2D eigenvalue weighted by molar-refractivity contribution is 4.82. The van der Waals surface area contributed by atoms with Gasteiger partial charge in [-0.3, -0.25) is 4.90 Å². The van der Waals surface area contributed by atoms with Crippen LogP contribution in [0.5, 0.6) is 0 Å². The van der Waals surface area contributed by atoms with Gasteiger partial charge in [-0.2, -0.15) is 0 Å². The van der Waals surface area contributed by atoms with Crippen LogP contribution in [0.1, 0.15) is 59.8 Å². The fraction of sp³-hybridized carbons (Fsp3) is 1.00. The number of unbranched alkanes of at least 4 members (excludes halogenated alkanes) is 1. The van der Waals surface area contributed by atoms with Crippen LogP contribution in [0.2, 0.25) is 0 Å². The van der Waals surface area contributed by atoms with Gasteiger partial charge in [0.15, 0.2) is 0 Å². The van der Waals surface area contributed by atoms with Gasteiger partial charge in [-0.05, 0) is 39.4 Å². The first kappa shape index (κ1) is 15.9. The summed E-state index contributed by atoms with van der Waals surface area (Å²) in [6.07, 6.45) is 6.44. The number of hydrogen-bond acceptors (Lipinski definition) is 2. The Morgan fingerprint density at radius 1 is 1.06 bits per heavy atom. The van der Waals surface area contributed by atoms with Crippen LogP contribution in [-0.4, -0.2) is 37.1 Å². The maximum absolute atomic E-state index is 3.50. The molecule has 98 valence electrons. The van der Waals surface area contributed by atoms with Crippen LogP contribution < -0.4 is 5.32 Å². The van der Waals surface area contributed by atoms with Crippen molar-refractivity contribution in [2.45, 2.75) is 71.9 Å². The Morgan fingerprint density at radius 2 is 1.75 bits per heavy atom. The molecular formula is C14H32N2. The minimum absolute atomic E-state index is 0.659. The molecule has 1 N–H and O–H groups in total. The van der Waals surface area contributed by atoms with Gasteiger partial charge in [0.2, 0.25) is 0 Å². The molecular weight excluding hydrogens is 196 g/mol. The maximum Gasteiger partial charge on any atom is 0.0246 e. The molecule has 0 radical (unpaired) electrons. The lowest BCUT2D eigenvalue weighted by Gasteiger charge is -2.36. The van der Waals surface area contributed by atoms with E-state index in [0.29, 0.717) is 12.1 Å². The van der Waals surface area contributed by atoms with Crippen LogP contribution in [0.4, 0.5) is 0 Å². The first-order chi connectivity index (χ1) is 7.74. The van der Waals surface area contributed by atoms with Crippen molar-refractivity contribution in [3.8, 4) is 0 Å². The van der Waals surface area contributed by atoms with Gasteiger partial charge in [0.25, 0.3) is 0 Å². The molecule has 0 aliphatic rings. The smallest absolute Gasteiger partial charge is 0.0246 e. The summed E-state index contributed by atoms with van der Waals surface area (Å²) in [5, 5.41) is 3.50. The summed E-state index contributed by atoms with van der Waals surface area (Å²) >= 11 is 0. The molecule has 0 saturated carbocycles. The van der Waals surface area contributed by atoms with E-state index in [2.05, 4.69) is 45.0 Å². The molecule has 2 heteroatoms. The average Bonchev–Trinajstić information content (AvgIpc) is 2.32. The first-order valence-electron chi connectivity index (χ1n) is 7.16. The third kappa shape index (κ3) is 5.31. The maximum atomic E-state index is 3.50. The molecule has 0 saturated heterocycles. The van der Waals surface area contributed by atoms with Crippen LogP contribution >= 0.6 is 0 Å². The van der Waals surface area contributed by atoms with Crippen molar-refractivity contribution in [3.05, 3.63) is 0 Å². The van der Waals surface area contributed by atoms with E-state index in [1.54, 1.807) is 0 Å². The topological polar surface area (TPSA) is 15.3 Å². The largest absolute Gasteiger partial charge is 0.315 e. The summed E-state index contributed by atoms with van der Waals surface area (Å²) in [7, 11) is 2.11. The van der Waals surface area contributed by atoms with Crippen LogP contribution in [0.25, 0.3) is 0 Å². The standard InChI is InChI=1S/C14H32N2/c1-6-10-12-16(9-4)14(8-3)13(15-5)11-7-2/h13-15H,6-12H2,1-5H3. The Morgan fingerprint density at radius 3 is 2.12 bits per heavy atom. The quantitative estimate of drug-likeness (QED) is 0.617. The Hall–Kier alpha value is -0.0800. The van der Waals surface area contributed by atoms with Crippen LogP contribution in [0.3, 0.4) is 0 Å². The Bertz CT molecular complexity index is 148. The second-order valence-corrected chi connectivity index (χ2v) is 4.64. The van der Waals surface area contributed by atoms with Crippen LogP contribution in [0, 0.1) is 0 Å². The fourth-order valence-corrected chi connectivity index (χ4v) is 2.56. The van der Waals surface area contributed by atoms with Crippen molar-refractivity contribution in [1.29, 1.82) is 0 Å². The van der Waals surface area contributed by atoms with E-state index in [9.17, 15) is 0 Å². The third-order valence-electron chi connectivity index (χ3n) is 3.53. The monoisotopic (exact) mass is 228 g/mol. The van der Waals surface area contributed by atoms with Crippen molar-refractivity contribution < 1.29 is 0 Å². The number of likely N-dealkylation sites (N-methyl/N-ethyl adjacent to an activating group) is 2. The highest BCUT2D eigenvalue weighted by Gasteiger charge is 2.22. The van der Waals surface area contributed by atoms with Crippen LogP contribution in [0.15, 0.2) is 0 Å². The second kappa shape index (κ2) is 10.1. The second-order valence-electron chi connectivity index (χ2n) is 4.64. The highest BCUT2D eigenvalue weighted by atomic mass is 15.2. The summed E-state index contributed by atoms with van der Waals surface area (Å²) in [6, 6.07) is 1.37. The SMILES string of the molecule is CCCCN(CC)C(CC)C(CCC)NC. The predicted molar refractivity (Wildman–Crippen MR) is 74.0 cm³/mol. The van der Waals surface area contributed by atoms with Crippen molar-refractivity contribution >= 4 is 0 Å². The zero-order valence-electron chi connectivity index (χ0n) is 12.1. The van der Waals surface area contributed by atoms with Gasteiger partial charge in [0.1, 0.15) is 0 Å². The van der Waals surface area contributed by atoms with Gasteiger partial charge in [-0.25, -0.2) is 0 Å². The molecule has 0 fully saturated rings. The molecule has 2 atom stereocenters. The van der Waals surface area contributed by atoms with Crippen LogP contribution in [-0.2, 0) is 0 Å². The Balaban J connectivity index is 4.37. The van der Waals surface area contributed by atoms with E-state index in [-0.39, 0.29) is 0 Å². The molecule has 2 nitrogen and oxygen atoms in total. The molecule has 0 rings (SSSR count). The number of hydrogen-bond donors (Lipinski definition) is 1. The molecule has 0 aromatic carbocycles. The minimum atomic E-state index is 0.659. The van der Waals surface area contributed by atoms with E-state index in [0.717, 1.165) is 0 Å². The Labute approximate surface area is 103 Å². The minimum Gasteiger partial charge on any atom is -0.315 e. The number of nitrogens with one attached hydrogen (secondary N) is 1. The zero-order chi connectivity index (χ0) is 12.4. The molecule has 2 unspecified atom stereocenters. The van der Waals surface area contributed by atoms with Gasteiger partial charge in [-0.15, -0.1) is 0 Å². The molecule has 0 aromatic heterocycles. The first-order valence-corrected chi connectivity index (χ1v) is 7.16. The lowest BCUT2D eigenvalue weighted by atomic mass is 9.99. The highest BCUT2D eigenvalue weighted by Crippen LogP contribution is 2.14. The van der Waals surface area contributed by atoms with E-state index >= 15 is 0 Å². The van der Waals surface area contributed by atoms with Gasteiger partial charge in [0, 0.05) is 12.1 Å². The summed E-state index contributed by atoms with van der Waals surface area (Å²) in [5.74, 6) is 0. The summed E-state index contributed by atoms with van der Waals surface area (Å²) in [5.41, 5.74) is 0. The molecule has 0 bridgehead atoms. The van der Waals surface area contributed by atoms with Gasteiger partial charge < -0.3 is 5.32 Å². The third-order valence-corrected chi connectivity index (χ3v) is 3.53. The lowest BCUT2D eigenvalue weighted by molar-refractivity contribution is 0.154. The van der Waals surface area contributed by atoms with Crippen molar-refractivity contribution in [2.75, 3.05) is 20.1 Å². The van der Waals surface area contributed by atoms with E-state index < -0.39 is 0 Å². The number of nitrogens with zero attached hydrogens (tertiary/aromatic N) is 1. The molecule has 0 heterocycles. The molecule has 0 aliphatic heterocycles. The summed E-state index contributed by atoms with van der Waals surface area (Å²) < 4.78 is 0. The summed E-state index contributed by atoms with van der Waals surface area (Å²) in [6.45, 7) is 11.6. The molecule has 0 aromatic rings. The normalized spacial score (nSPS) is 15.4. The van der Waals surface area contributed by atoms with Crippen molar-refractivity contribution in [2.24, 2.45) is 0 Å². The number of rotatable bonds is 10. The molecule has 0 amide bonds. The molecule has 16 heavy (non-hydrogen) atoms. The van der Waals surface area contributed by atoms with E-state index in [1.165, 1.54) is 45.2 Å². The molecule has 0 spiro atoms. The van der Waals surface area contributed by atoms with Gasteiger partial charge >= 0.3 is 0 Å².